The Morgan fingerprint density at radius 2 is 2.12 bits per heavy atom. The van der Waals surface area contributed by atoms with E-state index in [0.717, 1.165) is 18.6 Å². The van der Waals surface area contributed by atoms with E-state index in [4.69, 9.17) is 10.2 Å². The smallest absolute Gasteiger partial charge is 0.229 e. The van der Waals surface area contributed by atoms with E-state index < -0.39 is 0 Å². The molecular weight excluding hydrogens is 204 g/mol. The highest BCUT2D eigenvalue weighted by Crippen LogP contribution is 2.28. The number of hydrogen-bond acceptors (Lipinski definition) is 4. The minimum Gasteiger partial charge on any atom is -0.507 e. The molecule has 0 fully saturated rings. The molecule has 1 aromatic carbocycles. The van der Waals surface area contributed by atoms with Gasteiger partial charge in [-0.1, -0.05) is 12.1 Å². The summed E-state index contributed by atoms with van der Waals surface area (Å²) in [7, 11) is 0. The molecule has 0 aliphatic carbocycles. The molecule has 3 N–H and O–H groups in total. The molecule has 1 aromatic heterocycles. The predicted octanol–water partition coefficient (Wildman–Crippen LogP) is 1.94. The third-order valence-electron chi connectivity index (χ3n) is 2.32. The molecule has 0 spiro atoms. The highest BCUT2D eigenvalue weighted by atomic mass is 16.4. The number of aryl methyl sites for hydroxylation is 1. The summed E-state index contributed by atoms with van der Waals surface area (Å²) in [4.78, 5) is 4.13. The molecule has 84 valence electrons. The minimum absolute atomic E-state index is 0.176. The molecular formula is C12H14N2O2. The molecule has 0 saturated carbocycles. The van der Waals surface area contributed by atoms with Crippen molar-refractivity contribution in [2.45, 2.75) is 12.8 Å². The Morgan fingerprint density at radius 3 is 2.88 bits per heavy atom. The van der Waals surface area contributed by atoms with E-state index >= 15 is 0 Å². The molecule has 0 aliphatic heterocycles. The van der Waals surface area contributed by atoms with Crippen molar-refractivity contribution in [1.82, 2.24) is 4.98 Å². The van der Waals surface area contributed by atoms with E-state index in [9.17, 15) is 5.11 Å². The Balaban J connectivity index is 2.22. The van der Waals surface area contributed by atoms with Gasteiger partial charge in [0, 0.05) is 6.42 Å². The van der Waals surface area contributed by atoms with Crippen LogP contribution in [0, 0.1) is 0 Å². The molecule has 0 amide bonds. The molecule has 0 bridgehead atoms. The van der Waals surface area contributed by atoms with Crippen molar-refractivity contribution in [3.05, 3.63) is 36.2 Å². The van der Waals surface area contributed by atoms with Gasteiger partial charge in [0.2, 0.25) is 5.89 Å². The maximum atomic E-state index is 9.63. The SMILES string of the molecule is NCCCc1cnc(-c2ccccc2O)o1. The Labute approximate surface area is 93.7 Å². The Morgan fingerprint density at radius 1 is 1.31 bits per heavy atom. The second kappa shape index (κ2) is 4.81. The standard InChI is InChI=1S/C12H14N2O2/c13-7-3-4-9-8-14-12(16-9)10-5-1-2-6-11(10)15/h1-2,5-6,8,15H,3-4,7,13H2. The van der Waals surface area contributed by atoms with Crippen LogP contribution in [0.25, 0.3) is 11.5 Å². The normalized spacial score (nSPS) is 10.6. The number of rotatable bonds is 4. The first-order valence-corrected chi connectivity index (χ1v) is 5.24. The molecule has 0 atom stereocenters. The van der Waals surface area contributed by atoms with Crippen LogP contribution in [-0.2, 0) is 6.42 Å². The second-order valence-electron chi connectivity index (χ2n) is 3.54. The topological polar surface area (TPSA) is 72.3 Å². The number of nitrogens with two attached hydrogens (primary N) is 1. The van der Waals surface area contributed by atoms with Gasteiger partial charge in [0.15, 0.2) is 0 Å². The van der Waals surface area contributed by atoms with Gasteiger partial charge in [0.1, 0.15) is 11.5 Å². The quantitative estimate of drug-likeness (QED) is 0.822. The molecule has 4 nitrogen and oxygen atoms in total. The molecule has 1 heterocycles. The van der Waals surface area contributed by atoms with E-state index in [0.29, 0.717) is 18.0 Å². The molecule has 2 rings (SSSR count). The van der Waals surface area contributed by atoms with Gasteiger partial charge < -0.3 is 15.3 Å². The summed E-state index contributed by atoms with van der Waals surface area (Å²) in [5, 5.41) is 9.63. The molecule has 0 saturated heterocycles. The van der Waals surface area contributed by atoms with Crippen LogP contribution in [0.15, 0.2) is 34.9 Å². The van der Waals surface area contributed by atoms with E-state index in [1.54, 1.807) is 24.4 Å². The lowest BCUT2D eigenvalue weighted by Crippen LogP contribution is -1.99. The van der Waals surface area contributed by atoms with Crippen LogP contribution in [0.4, 0.5) is 0 Å². The number of nitrogens with zero attached hydrogens (tertiary/aromatic N) is 1. The first kappa shape index (κ1) is 10.7. The molecule has 4 heteroatoms. The number of oxazole rings is 1. The van der Waals surface area contributed by atoms with Crippen LogP contribution < -0.4 is 5.73 Å². The number of para-hydroxylation sites is 1. The van der Waals surface area contributed by atoms with E-state index in [2.05, 4.69) is 4.98 Å². The Bertz CT molecular complexity index is 466. The fourth-order valence-electron chi connectivity index (χ4n) is 1.48. The van der Waals surface area contributed by atoms with Gasteiger partial charge in [-0.15, -0.1) is 0 Å². The summed E-state index contributed by atoms with van der Waals surface area (Å²) in [6.07, 6.45) is 3.32. The van der Waals surface area contributed by atoms with Gasteiger partial charge in [-0.25, -0.2) is 4.98 Å². The van der Waals surface area contributed by atoms with Gasteiger partial charge in [0.05, 0.1) is 11.8 Å². The molecule has 16 heavy (non-hydrogen) atoms. The van der Waals surface area contributed by atoms with Crippen molar-refractivity contribution in [3.8, 4) is 17.2 Å². The number of phenols is 1. The van der Waals surface area contributed by atoms with Crippen LogP contribution in [-0.4, -0.2) is 16.6 Å². The molecule has 0 aliphatic rings. The van der Waals surface area contributed by atoms with Gasteiger partial charge in [-0.05, 0) is 25.1 Å². The monoisotopic (exact) mass is 218 g/mol. The maximum Gasteiger partial charge on any atom is 0.229 e. The van der Waals surface area contributed by atoms with Crippen LogP contribution >= 0.6 is 0 Å². The highest BCUT2D eigenvalue weighted by molar-refractivity contribution is 5.61. The van der Waals surface area contributed by atoms with Crippen molar-refractivity contribution < 1.29 is 9.52 Å². The second-order valence-corrected chi connectivity index (χ2v) is 3.54. The lowest BCUT2D eigenvalue weighted by molar-refractivity contribution is 0.468. The van der Waals surface area contributed by atoms with Crippen LogP contribution in [0.2, 0.25) is 0 Å². The lowest BCUT2D eigenvalue weighted by atomic mass is 10.2. The van der Waals surface area contributed by atoms with Crippen molar-refractivity contribution in [3.63, 3.8) is 0 Å². The third kappa shape index (κ3) is 2.23. The highest BCUT2D eigenvalue weighted by Gasteiger charge is 2.09. The Hall–Kier alpha value is -1.81. The van der Waals surface area contributed by atoms with Crippen molar-refractivity contribution in [2.24, 2.45) is 5.73 Å². The lowest BCUT2D eigenvalue weighted by Gasteiger charge is -1.98. The number of aromatic hydroxyl groups is 1. The minimum atomic E-state index is 0.176. The molecule has 2 aromatic rings. The van der Waals surface area contributed by atoms with Crippen molar-refractivity contribution >= 4 is 0 Å². The zero-order chi connectivity index (χ0) is 11.4. The summed E-state index contributed by atoms with van der Waals surface area (Å²) in [6.45, 7) is 0.632. The number of hydrogen-bond donors (Lipinski definition) is 2. The van der Waals surface area contributed by atoms with E-state index in [-0.39, 0.29) is 5.75 Å². The van der Waals surface area contributed by atoms with E-state index in [1.165, 1.54) is 0 Å². The van der Waals surface area contributed by atoms with Crippen LogP contribution in [0.3, 0.4) is 0 Å². The van der Waals surface area contributed by atoms with Crippen molar-refractivity contribution in [2.75, 3.05) is 6.54 Å². The zero-order valence-electron chi connectivity index (χ0n) is 8.89. The summed E-state index contributed by atoms with van der Waals surface area (Å²) in [5.41, 5.74) is 6.03. The number of aromatic nitrogens is 1. The summed E-state index contributed by atoms with van der Waals surface area (Å²) >= 11 is 0. The van der Waals surface area contributed by atoms with Crippen molar-refractivity contribution in [1.29, 1.82) is 0 Å². The number of benzene rings is 1. The predicted molar refractivity (Wildman–Crippen MR) is 61.0 cm³/mol. The van der Waals surface area contributed by atoms with Crippen LogP contribution in [0.1, 0.15) is 12.2 Å². The Kier molecular flexibility index (Phi) is 3.22. The zero-order valence-corrected chi connectivity index (χ0v) is 8.89. The summed E-state index contributed by atoms with van der Waals surface area (Å²) in [6, 6.07) is 6.98. The van der Waals surface area contributed by atoms with Crippen LogP contribution in [0.5, 0.6) is 5.75 Å². The first-order valence-electron chi connectivity index (χ1n) is 5.24. The summed E-state index contributed by atoms with van der Waals surface area (Å²) < 4.78 is 5.53. The largest absolute Gasteiger partial charge is 0.507 e. The fourth-order valence-corrected chi connectivity index (χ4v) is 1.48. The first-order chi connectivity index (χ1) is 7.81. The number of phenolic OH excluding ortho intramolecular Hbond substituents is 1. The average Bonchev–Trinajstić information content (AvgIpc) is 2.75. The van der Waals surface area contributed by atoms with Gasteiger partial charge >= 0.3 is 0 Å². The van der Waals surface area contributed by atoms with E-state index in [1.807, 2.05) is 6.07 Å². The fraction of sp³-hybridized carbons (Fsp3) is 0.250. The molecule has 0 unspecified atom stereocenters. The summed E-state index contributed by atoms with van der Waals surface area (Å²) in [5.74, 6) is 1.42. The molecule has 0 radical (unpaired) electrons. The van der Waals surface area contributed by atoms with Gasteiger partial charge in [-0.3, -0.25) is 0 Å². The average molecular weight is 218 g/mol. The van der Waals surface area contributed by atoms with Gasteiger partial charge in [-0.2, -0.15) is 0 Å². The third-order valence-corrected chi connectivity index (χ3v) is 2.32. The van der Waals surface area contributed by atoms with Gasteiger partial charge in [0.25, 0.3) is 0 Å². The maximum absolute atomic E-state index is 9.63.